The molecule has 1 aliphatic heterocycles. The van der Waals surface area contributed by atoms with E-state index in [9.17, 15) is 9.59 Å². The number of benzene rings is 1. The fraction of sp³-hybridized carbons (Fsp3) is 0.450. The van der Waals surface area contributed by atoms with Crippen LogP contribution in [0.2, 0.25) is 0 Å². The maximum Gasteiger partial charge on any atom is 0.271 e. The van der Waals surface area contributed by atoms with E-state index in [-0.39, 0.29) is 22.6 Å². The molecule has 1 aromatic carbocycles. The van der Waals surface area contributed by atoms with Crippen molar-refractivity contribution in [2.24, 2.45) is 0 Å². The summed E-state index contributed by atoms with van der Waals surface area (Å²) < 4.78 is 7.91. The third-order valence-corrected chi connectivity index (χ3v) is 5.50. The van der Waals surface area contributed by atoms with E-state index in [1.54, 1.807) is 0 Å². The van der Waals surface area contributed by atoms with Crippen molar-refractivity contribution in [3.63, 3.8) is 0 Å². The second kappa shape index (κ2) is 8.80. The monoisotopic (exact) mass is 433 g/mol. The molecular formula is C20H24BrN3O3. The van der Waals surface area contributed by atoms with Gasteiger partial charge in [-0.1, -0.05) is 35.0 Å². The highest BCUT2D eigenvalue weighted by molar-refractivity contribution is 9.10. The molecule has 1 aromatic heterocycles. The third-order valence-electron chi connectivity index (χ3n) is 5.01. The SMILES string of the molecule is CCCn1nc(C(=O)NCC2(c3cccc(Br)c3)CCOCC2)ccc1=O. The summed E-state index contributed by atoms with van der Waals surface area (Å²) in [6.07, 6.45) is 2.46. The van der Waals surface area contributed by atoms with Gasteiger partial charge in [0, 0.05) is 42.3 Å². The Bertz CT molecular complexity index is 860. The summed E-state index contributed by atoms with van der Waals surface area (Å²) in [5, 5.41) is 7.22. The number of aromatic nitrogens is 2. The largest absolute Gasteiger partial charge is 0.381 e. The molecule has 1 N–H and O–H groups in total. The lowest BCUT2D eigenvalue weighted by Gasteiger charge is -2.38. The Balaban J connectivity index is 1.79. The predicted molar refractivity (Wildman–Crippen MR) is 107 cm³/mol. The number of halogens is 1. The van der Waals surface area contributed by atoms with Crippen LogP contribution >= 0.6 is 15.9 Å². The molecule has 0 bridgehead atoms. The van der Waals surface area contributed by atoms with Gasteiger partial charge in [-0.25, -0.2) is 4.68 Å². The fourth-order valence-electron chi connectivity index (χ4n) is 3.43. The molecule has 0 unspecified atom stereocenters. The van der Waals surface area contributed by atoms with Crippen molar-refractivity contribution in [3.8, 4) is 0 Å². The zero-order valence-corrected chi connectivity index (χ0v) is 17.0. The van der Waals surface area contributed by atoms with Crippen LogP contribution in [-0.4, -0.2) is 35.4 Å². The third kappa shape index (κ3) is 4.65. The van der Waals surface area contributed by atoms with Crippen LogP contribution in [0, 0.1) is 0 Å². The van der Waals surface area contributed by atoms with E-state index in [1.165, 1.54) is 22.4 Å². The van der Waals surface area contributed by atoms with Crippen LogP contribution in [0.4, 0.5) is 0 Å². The fourth-order valence-corrected chi connectivity index (χ4v) is 3.83. The van der Waals surface area contributed by atoms with Gasteiger partial charge in [0.05, 0.1) is 0 Å². The van der Waals surface area contributed by atoms with Gasteiger partial charge < -0.3 is 10.1 Å². The summed E-state index contributed by atoms with van der Waals surface area (Å²) in [4.78, 5) is 24.5. The molecule has 6 nitrogen and oxygen atoms in total. The molecule has 27 heavy (non-hydrogen) atoms. The van der Waals surface area contributed by atoms with E-state index in [0.717, 1.165) is 23.7 Å². The summed E-state index contributed by atoms with van der Waals surface area (Å²) in [5.74, 6) is -0.263. The molecule has 2 aromatic rings. The Morgan fingerprint density at radius 2 is 2.07 bits per heavy atom. The average Bonchev–Trinajstić information content (AvgIpc) is 2.69. The van der Waals surface area contributed by atoms with Gasteiger partial charge in [0.15, 0.2) is 0 Å². The van der Waals surface area contributed by atoms with Crippen molar-refractivity contribution in [1.82, 2.24) is 15.1 Å². The van der Waals surface area contributed by atoms with Crippen LogP contribution in [0.15, 0.2) is 45.7 Å². The van der Waals surface area contributed by atoms with Gasteiger partial charge in [0.2, 0.25) is 0 Å². The molecule has 2 heterocycles. The Morgan fingerprint density at radius 3 is 2.78 bits per heavy atom. The molecule has 0 aliphatic carbocycles. The molecule has 3 rings (SSSR count). The average molecular weight is 434 g/mol. The van der Waals surface area contributed by atoms with Crippen LogP contribution in [0.3, 0.4) is 0 Å². The lowest BCUT2D eigenvalue weighted by Crippen LogP contribution is -2.45. The number of hydrogen-bond acceptors (Lipinski definition) is 4. The first kappa shape index (κ1) is 19.8. The highest BCUT2D eigenvalue weighted by Crippen LogP contribution is 2.35. The topological polar surface area (TPSA) is 73.2 Å². The number of nitrogens with one attached hydrogen (secondary N) is 1. The van der Waals surface area contributed by atoms with Gasteiger partial charge in [0.1, 0.15) is 5.69 Å². The minimum Gasteiger partial charge on any atom is -0.381 e. The molecule has 1 amide bonds. The Hall–Kier alpha value is -1.99. The van der Waals surface area contributed by atoms with Gasteiger partial charge in [-0.2, -0.15) is 5.10 Å². The van der Waals surface area contributed by atoms with Gasteiger partial charge in [0.25, 0.3) is 11.5 Å². The molecule has 0 saturated carbocycles. The first-order valence-electron chi connectivity index (χ1n) is 9.24. The Kier molecular flexibility index (Phi) is 6.44. The predicted octanol–water partition coefficient (Wildman–Crippen LogP) is 2.89. The van der Waals surface area contributed by atoms with E-state index in [4.69, 9.17) is 4.74 Å². The molecular weight excluding hydrogens is 410 g/mol. The Labute approximate surface area is 167 Å². The summed E-state index contributed by atoms with van der Waals surface area (Å²) in [7, 11) is 0. The molecule has 144 valence electrons. The highest BCUT2D eigenvalue weighted by Gasteiger charge is 2.35. The number of rotatable bonds is 6. The number of nitrogens with zero attached hydrogens (tertiary/aromatic N) is 2. The normalized spacial score (nSPS) is 16.1. The van der Waals surface area contributed by atoms with E-state index < -0.39 is 0 Å². The van der Waals surface area contributed by atoms with Gasteiger partial charge in [-0.15, -0.1) is 0 Å². The van der Waals surface area contributed by atoms with Crippen LogP contribution in [0.5, 0.6) is 0 Å². The second-order valence-electron chi connectivity index (χ2n) is 6.87. The van der Waals surface area contributed by atoms with Crippen molar-refractivity contribution in [1.29, 1.82) is 0 Å². The molecule has 0 spiro atoms. The van der Waals surface area contributed by atoms with Crippen molar-refractivity contribution >= 4 is 21.8 Å². The van der Waals surface area contributed by atoms with Gasteiger partial charge in [-0.3, -0.25) is 9.59 Å². The lowest BCUT2D eigenvalue weighted by molar-refractivity contribution is 0.0486. The van der Waals surface area contributed by atoms with E-state index in [0.29, 0.717) is 26.3 Å². The van der Waals surface area contributed by atoms with Crippen LogP contribution in [-0.2, 0) is 16.7 Å². The lowest BCUT2D eigenvalue weighted by atomic mass is 9.74. The van der Waals surface area contributed by atoms with E-state index in [2.05, 4.69) is 38.5 Å². The summed E-state index contributed by atoms with van der Waals surface area (Å²) >= 11 is 3.54. The minimum absolute atomic E-state index is 0.171. The maximum atomic E-state index is 12.7. The second-order valence-corrected chi connectivity index (χ2v) is 7.78. The van der Waals surface area contributed by atoms with Crippen LogP contribution in [0.25, 0.3) is 0 Å². The quantitative estimate of drug-likeness (QED) is 0.759. The van der Waals surface area contributed by atoms with Crippen molar-refractivity contribution in [2.75, 3.05) is 19.8 Å². The summed E-state index contributed by atoms with van der Waals surface area (Å²) in [6.45, 7) is 4.30. The minimum atomic E-state index is -0.263. The number of hydrogen-bond donors (Lipinski definition) is 1. The van der Waals surface area contributed by atoms with E-state index in [1.807, 2.05) is 19.1 Å². The van der Waals surface area contributed by atoms with Crippen LogP contribution < -0.4 is 10.9 Å². The first-order chi connectivity index (χ1) is 13.0. The number of aryl methyl sites for hydroxylation is 1. The zero-order valence-electron chi connectivity index (χ0n) is 15.4. The molecule has 7 heteroatoms. The summed E-state index contributed by atoms with van der Waals surface area (Å²) in [6, 6.07) is 11.1. The van der Waals surface area contributed by atoms with Crippen molar-refractivity contribution in [2.45, 2.75) is 38.1 Å². The first-order valence-corrected chi connectivity index (χ1v) is 10.0. The van der Waals surface area contributed by atoms with E-state index >= 15 is 0 Å². The Morgan fingerprint density at radius 1 is 1.30 bits per heavy atom. The number of carbonyl (C=O) groups is 1. The van der Waals surface area contributed by atoms with Gasteiger partial charge >= 0.3 is 0 Å². The zero-order chi connectivity index (χ0) is 19.3. The standard InChI is InChI=1S/C20H24BrN3O3/c1-2-10-24-18(25)7-6-17(23-24)19(26)22-14-20(8-11-27-12-9-20)15-4-3-5-16(21)13-15/h3-7,13H,2,8-12,14H2,1H3,(H,22,26). The summed E-state index contributed by atoms with van der Waals surface area (Å²) in [5.41, 5.74) is 1.09. The molecule has 1 aliphatic rings. The smallest absolute Gasteiger partial charge is 0.271 e. The maximum absolute atomic E-state index is 12.7. The highest BCUT2D eigenvalue weighted by atomic mass is 79.9. The van der Waals surface area contributed by atoms with Gasteiger partial charge in [-0.05, 0) is 43.0 Å². The molecule has 1 saturated heterocycles. The molecule has 1 fully saturated rings. The van der Waals surface area contributed by atoms with Crippen LogP contribution in [0.1, 0.15) is 42.2 Å². The number of ether oxygens (including phenoxy) is 1. The van der Waals surface area contributed by atoms with Crippen molar-refractivity contribution in [3.05, 3.63) is 62.5 Å². The number of carbonyl (C=O) groups excluding carboxylic acids is 1. The molecule has 0 atom stereocenters. The van der Waals surface area contributed by atoms with Crippen molar-refractivity contribution < 1.29 is 9.53 Å². The molecule has 0 radical (unpaired) electrons. The number of amides is 1.